The number of fused-ring (bicyclic) bond motifs is 2. The first-order chi connectivity index (χ1) is 14.2. The Labute approximate surface area is 181 Å². The van der Waals surface area contributed by atoms with Crippen LogP contribution in [-0.2, 0) is 33.3 Å². The summed E-state index contributed by atoms with van der Waals surface area (Å²) in [6.07, 6.45) is 3.85. The molecule has 1 saturated heterocycles. The number of carbonyl (C=O) groups excluding carboxylic acids is 3. The van der Waals surface area contributed by atoms with Crippen molar-refractivity contribution in [3.63, 3.8) is 0 Å². The molecule has 0 spiro atoms. The number of hydrogen-bond donors (Lipinski definition) is 0. The second-order valence-corrected chi connectivity index (χ2v) is 10.6. The largest absolute Gasteiger partial charge is 0.466 e. The molecule has 0 radical (unpaired) electrons. The second-order valence-electron chi connectivity index (χ2n) is 9.17. The van der Waals surface area contributed by atoms with Crippen molar-refractivity contribution < 1.29 is 33.3 Å². The van der Waals surface area contributed by atoms with Gasteiger partial charge in [-0.3, -0.25) is 9.59 Å². The van der Waals surface area contributed by atoms with Crippen LogP contribution in [-0.4, -0.2) is 54.5 Å². The van der Waals surface area contributed by atoms with Gasteiger partial charge in [0.15, 0.2) is 0 Å². The summed E-state index contributed by atoms with van der Waals surface area (Å²) in [5, 5.41) is 0. The lowest BCUT2D eigenvalue weighted by atomic mass is 9.47. The van der Waals surface area contributed by atoms with Crippen molar-refractivity contribution >= 4 is 29.7 Å². The van der Waals surface area contributed by atoms with Gasteiger partial charge in [0.2, 0.25) is 6.29 Å². The van der Waals surface area contributed by atoms with Crippen molar-refractivity contribution in [3.8, 4) is 0 Å². The highest BCUT2D eigenvalue weighted by Crippen LogP contribution is 2.69. The Kier molecular flexibility index (Phi) is 5.46. The third kappa shape index (κ3) is 3.01. The fourth-order valence-electron chi connectivity index (χ4n) is 6.44. The molecule has 8 heteroatoms. The first-order valence-electron chi connectivity index (χ1n) is 10.7. The lowest BCUT2D eigenvalue weighted by Gasteiger charge is -2.59. The molecule has 0 amide bonds. The fraction of sp³-hybridized carbons (Fsp3) is 0.773. The van der Waals surface area contributed by atoms with E-state index in [0.29, 0.717) is 18.8 Å². The van der Waals surface area contributed by atoms with Crippen LogP contribution >= 0.6 is 11.8 Å². The van der Waals surface area contributed by atoms with E-state index in [1.807, 2.05) is 6.92 Å². The van der Waals surface area contributed by atoms with Crippen LogP contribution < -0.4 is 0 Å². The second kappa shape index (κ2) is 7.55. The molecule has 0 N–H and O–H groups in total. The molecule has 2 heterocycles. The Bertz CT molecular complexity index is 794. The molecular formula is C22H30O7S. The summed E-state index contributed by atoms with van der Waals surface area (Å²) in [6, 6.07) is 0. The Balaban J connectivity index is 1.74. The summed E-state index contributed by atoms with van der Waals surface area (Å²) >= 11 is 1.55. The third-order valence-corrected chi connectivity index (χ3v) is 8.99. The molecular weight excluding hydrogens is 408 g/mol. The molecule has 1 unspecified atom stereocenters. The molecule has 30 heavy (non-hydrogen) atoms. The zero-order valence-corrected chi connectivity index (χ0v) is 18.8. The summed E-state index contributed by atoms with van der Waals surface area (Å²) in [4.78, 5) is 37.3. The highest BCUT2D eigenvalue weighted by atomic mass is 32.2. The van der Waals surface area contributed by atoms with Gasteiger partial charge in [-0.05, 0) is 37.7 Å². The van der Waals surface area contributed by atoms with Crippen LogP contribution in [0.25, 0.3) is 0 Å². The van der Waals surface area contributed by atoms with E-state index in [0.717, 1.165) is 24.8 Å². The van der Waals surface area contributed by atoms with Gasteiger partial charge in [0.05, 0.1) is 18.4 Å². The molecule has 2 aliphatic carbocycles. The van der Waals surface area contributed by atoms with Gasteiger partial charge in [-0.1, -0.05) is 13.3 Å². The number of methoxy groups -OCH3 is 1. The number of esters is 3. The van der Waals surface area contributed by atoms with Gasteiger partial charge >= 0.3 is 17.9 Å². The van der Waals surface area contributed by atoms with Gasteiger partial charge in [0.25, 0.3) is 0 Å². The molecule has 4 rings (SSSR count). The van der Waals surface area contributed by atoms with E-state index in [2.05, 4.69) is 6.92 Å². The Morgan fingerprint density at radius 2 is 1.97 bits per heavy atom. The molecule has 0 bridgehead atoms. The molecule has 0 aromatic carbocycles. The Morgan fingerprint density at radius 1 is 1.23 bits per heavy atom. The molecule has 0 aromatic rings. The SMILES string of the molecule is CCOC(=O)CCSC12C[C@H]3OC(=O)[C@@]4(C)CCC[C@](C)(C1=CC(=O)O[C@@H]2OC)[C@@H]34. The molecule has 7 nitrogen and oxygen atoms in total. The van der Waals surface area contributed by atoms with Crippen molar-refractivity contribution in [2.24, 2.45) is 16.7 Å². The average molecular weight is 439 g/mol. The van der Waals surface area contributed by atoms with Crippen LogP contribution in [0, 0.1) is 16.7 Å². The quantitative estimate of drug-likeness (QED) is 0.462. The number of ether oxygens (including phenoxy) is 4. The summed E-state index contributed by atoms with van der Waals surface area (Å²) < 4.78 is 21.5. The number of thioether (sulfide) groups is 1. The van der Waals surface area contributed by atoms with Crippen molar-refractivity contribution in [1.29, 1.82) is 0 Å². The maximum atomic E-state index is 12.9. The van der Waals surface area contributed by atoms with Crippen molar-refractivity contribution in [2.75, 3.05) is 19.5 Å². The average Bonchev–Trinajstić information content (AvgIpc) is 2.94. The van der Waals surface area contributed by atoms with Crippen molar-refractivity contribution in [3.05, 3.63) is 11.6 Å². The van der Waals surface area contributed by atoms with Crippen molar-refractivity contribution in [2.45, 2.75) is 70.0 Å². The van der Waals surface area contributed by atoms with Crippen LogP contribution in [0.15, 0.2) is 11.6 Å². The van der Waals surface area contributed by atoms with Crippen molar-refractivity contribution in [1.82, 2.24) is 0 Å². The van der Waals surface area contributed by atoms with Crippen LogP contribution in [0.5, 0.6) is 0 Å². The lowest BCUT2D eigenvalue weighted by Crippen LogP contribution is -2.62. The van der Waals surface area contributed by atoms with Crippen LogP contribution in [0.4, 0.5) is 0 Å². The molecule has 2 aliphatic heterocycles. The highest BCUT2D eigenvalue weighted by molar-refractivity contribution is 8.00. The predicted octanol–water partition coefficient (Wildman–Crippen LogP) is 3.01. The highest BCUT2D eigenvalue weighted by Gasteiger charge is 2.71. The molecule has 166 valence electrons. The zero-order valence-electron chi connectivity index (χ0n) is 18.0. The maximum absolute atomic E-state index is 12.9. The molecule has 0 aromatic heterocycles. The van der Waals surface area contributed by atoms with Gasteiger partial charge < -0.3 is 18.9 Å². The smallest absolute Gasteiger partial charge is 0.333 e. The van der Waals surface area contributed by atoms with E-state index >= 15 is 0 Å². The van der Waals surface area contributed by atoms with E-state index < -0.39 is 22.4 Å². The minimum absolute atomic E-state index is 0.0136. The Hall–Kier alpha value is -1.54. The molecule has 4 aliphatic rings. The summed E-state index contributed by atoms with van der Waals surface area (Å²) in [5.41, 5.74) is 0.0526. The van der Waals surface area contributed by atoms with E-state index in [1.165, 1.54) is 7.11 Å². The predicted molar refractivity (Wildman–Crippen MR) is 109 cm³/mol. The van der Waals surface area contributed by atoms with E-state index in [4.69, 9.17) is 18.9 Å². The minimum atomic E-state index is -0.803. The minimum Gasteiger partial charge on any atom is -0.466 e. The normalized spacial score (nSPS) is 41.9. The molecule has 2 saturated carbocycles. The number of hydrogen-bond acceptors (Lipinski definition) is 8. The van der Waals surface area contributed by atoms with E-state index in [9.17, 15) is 14.4 Å². The number of cyclic esters (lactones) is 1. The van der Waals surface area contributed by atoms with Gasteiger partial charge in [0, 0.05) is 31.3 Å². The summed E-state index contributed by atoms with van der Waals surface area (Å²) in [5.74, 6) is -0.316. The fourth-order valence-corrected chi connectivity index (χ4v) is 8.08. The molecule has 3 fully saturated rings. The van der Waals surface area contributed by atoms with Gasteiger partial charge in [-0.25, -0.2) is 4.79 Å². The van der Waals surface area contributed by atoms with Gasteiger partial charge in [-0.15, -0.1) is 11.8 Å². The summed E-state index contributed by atoms with van der Waals surface area (Å²) in [6.45, 7) is 6.28. The third-order valence-electron chi connectivity index (χ3n) is 7.49. The van der Waals surface area contributed by atoms with Crippen LogP contribution in [0.3, 0.4) is 0 Å². The number of rotatable bonds is 6. The Morgan fingerprint density at radius 3 is 2.67 bits per heavy atom. The first kappa shape index (κ1) is 21.7. The van der Waals surface area contributed by atoms with Gasteiger partial charge in [-0.2, -0.15) is 0 Å². The lowest BCUT2D eigenvalue weighted by molar-refractivity contribution is -0.184. The van der Waals surface area contributed by atoms with Crippen LogP contribution in [0.2, 0.25) is 0 Å². The molecule has 6 atom stereocenters. The zero-order chi connectivity index (χ0) is 21.7. The maximum Gasteiger partial charge on any atom is 0.333 e. The monoisotopic (exact) mass is 438 g/mol. The van der Waals surface area contributed by atoms with Crippen LogP contribution in [0.1, 0.15) is 52.9 Å². The topological polar surface area (TPSA) is 88.1 Å². The van der Waals surface area contributed by atoms with Gasteiger partial charge in [0.1, 0.15) is 10.9 Å². The van der Waals surface area contributed by atoms with E-state index in [-0.39, 0.29) is 35.8 Å². The van der Waals surface area contributed by atoms with E-state index in [1.54, 1.807) is 24.8 Å². The standard InChI is InChI=1S/C22H30O7S/c1-5-27-15(23)7-10-30-22-12-13-17-20(2,8-6-9-21(17,3)18(25)28-13)14(22)11-16(24)29-19(22)26-4/h11,13,17,19H,5-10,12H2,1-4H3/t13-,17-,19+,20-,21+,22?/m1/s1. The summed E-state index contributed by atoms with van der Waals surface area (Å²) in [7, 11) is 1.52. The first-order valence-corrected chi connectivity index (χ1v) is 11.7. The number of carbonyl (C=O) groups is 3.